The summed E-state index contributed by atoms with van der Waals surface area (Å²) in [4.78, 5) is 13.9. The van der Waals surface area contributed by atoms with Crippen LogP contribution in [0.2, 0.25) is 0 Å². The van der Waals surface area contributed by atoms with Gasteiger partial charge in [0.1, 0.15) is 0 Å². The molecule has 3 heteroatoms. The first-order valence-electron chi connectivity index (χ1n) is 6.76. The van der Waals surface area contributed by atoms with Crippen molar-refractivity contribution >= 4 is 11.8 Å². The molecule has 0 saturated heterocycles. The van der Waals surface area contributed by atoms with Crippen molar-refractivity contribution in [2.45, 2.75) is 20.4 Å². The molecular formula is C17H19NO2. The van der Waals surface area contributed by atoms with Crippen molar-refractivity contribution in [3.63, 3.8) is 0 Å². The number of aryl methyl sites for hydroxylation is 1. The molecule has 0 spiro atoms. The quantitative estimate of drug-likeness (QED) is 0.834. The Hall–Kier alpha value is -2.29. The molecule has 0 aliphatic carbocycles. The van der Waals surface area contributed by atoms with E-state index in [1.165, 1.54) is 0 Å². The van der Waals surface area contributed by atoms with Gasteiger partial charge in [-0.2, -0.15) is 0 Å². The third-order valence-electron chi connectivity index (χ3n) is 3.08. The smallest absolute Gasteiger partial charge is 0.414 e. The molecule has 0 aliphatic rings. The van der Waals surface area contributed by atoms with E-state index in [0.29, 0.717) is 13.2 Å². The molecule has 0 heterocycles. The first kappa shape index (κ1) is 14.1. The largest absolute Gasteiger partial charge is 0.449 e. The van der Waals surface area contributed by atoms with E-state index in [0.717, 1.165) is 16.8 Å². The molecule has 2 aromatic carbocycles. The summed E-state index contributed by atoms with van der Waals surface area (Å²) in [6.45, 7) is 4.68. The van der Waals surface area contributed by atoms with Gasteiger partial charge >= 0.3 is 6.09 Å². The van der Waals surface area contributed by atoms with Crippen LogP contribution in [-0.4, -0.2) is 12.7 Å². The topological polar surface area (TPSA) is 29.5 Å². The minimum atomic E-state index is -0.314. The number of carbonyl (C=O) groups excluding carboxylic acids is 1. The van der Waals surface area contributed by atoms with E-state index >= 15 is 0 Å². The molecule has 3 nitrogen and oxygen atoms in total. The number of benzene rings is 2. The van der Waals surface area contributed by atoms with E-state index < -0.39 is 0 Å². The van der Waals surface area contributed by atoms with Crippen molar-refractivity contribution in [3.05, 3.63) is 65.7 Å². The van der Waals surface area contributed by atoms with Crippen LogP contribution in [-0.2, 0) is 11.3 Å². The van der Waals surface area contributed by atoms with Crippen molar-refractivity contribution < 1.29 is 9.53 Å². The van der Waals surface area contributed by atoms with Crippen LogP contribution in [0.25, 0.3) is 0 Å². The maximum Gasteiger partial charge on any atom is 0.414 e. The number of amides is 1. The van der Waals surface area contributed by atoms with Gasteiger partial charge in [-0.3, -0.25) is 4.90 Å². The van der Waals surface area contributed by atoms with Crippen LogP contribution in [0.4, 0.5) is 10.5 Å². The molecule has 0 saturated carbocycles. The molecule has 0 aliphatic heterocycles. The Bertz CT molecular complexity index is 566. The fraction of sp³-hybridized carbons (Fsp3) is 0.235. The molecule has 2 aromatic rings. The normalized spacial score (nSPS) is 10.1. The van der Waals surface area contributed by atoms with Crippen molar-refractivity contribution in [2.75, 3.05) is 11.5 Å². The number of ether oxygens (including phenoxy) is 1. The van der Waals surface area contributed by atoms with Crippen molar-refractivity contribution in [1.82, 2.24) is 0 Å². The van der Waals surface area contributed by atoms with Crippen LogP contribution in [0, 0.1) is 6.92 Å². The van der Waals surface area contributed by atoms with Crippen molar-refractivity contribution in [2.24, 2.45) is 0 Å². The number of para-hydroxylation sites is 1. The number of nitrogens with zero attached hydrogens (tertiary/aromatic N) is 1. The van der Waals surface area contributed by atoms with Gasteiger partial charge in [0, 0.05) is 0 Å². The lowest BCUT2D eigenvalue weighted by Gasteiger charge is -2.23. The van der Waals surface area contributed by atoms with Gasteiger partial charge in [0.15, 0.2) is 0 Å². The number of rotatable bonds is 4. The lowest BCUT2D eigenvalue weighted by molar-refractivity contribution is 0.159. The first-order chi connectivity index (χ1) is 9.72. The van der Waals surface area contributed by atoms with Gasteiger partial charge in [-0.05, 0) is 31.0 Å². The second-order valence-corrected chi connectivity index (χ2v) is 4.56. The van der Waals surface area contributed by atoms with Gasteiger partial charge in [0.2, 0.25) is 0 Å². The lowest BCUT2D eigenvalue weighted by Crippen LogP contribution is -2.31. The Kier molecular flexibility index (Phi) is 4.77. The van der Waals surface area contributed by atoms with Crippen LogP contribution < -0.4 is 4.90 Å². The number of carbonyl (C=O) groups is 1. The summed E-state index contributed by atoms with van der Waals surface area (Å²) < 4.78 is 5.17. The molecule has 0 radical (unpaired) electrons. The zero-order valence-corrected chi connectivity index (χ0v) is 11.9. The van der Waals surface area contributed by atoms with Crippen LogP contribution in [0.1, 0.15) is 18.1 Å². The summed E-state index contributed by atoms with van der Waals surface area (Å²) >= 11 is 0. The highest BCUT2D eigenvalue weighted by Gasteiger charge is 2.18. The standard InChI is InChI=1S/C17H19NO2/c1-3-20-17(19)18(13-15-10-5-4-6-11-15)16-12-8-7-9-14(16)2/h4-12H,3,13H2,1-2H3. The minimum Gasteiger partial charge on any atom is -0.449 e. The molecule has 0 aromatic heterocycles. The maximum absolute atomic E-state index is 12.2. The van der Waals surface area contributed by atoms with Crippen LogP contribution in [0.5, 0.6) is 0 Å². The van der Waals surface area contributed by atoms with Crippen LogP contribution in [0.3, 0.4) is 0 Å². The Morgan fingerprint density at radius 3 is 2.35 bits per heavy atom. The SMILES string of the molecule is CCOC(=O)N(Cc1ccccc1)c1ccccc1C. The van der Waals surface area contributed by atoms with E-state index in [9.17, 15) is 4.79 Å². The number of hydrogen-bond acceptors (Lipinski definition) is 2. The van der Waals surface area contributed by atoms with E-state index in [1.807, 2.05) is 68.4 Å². The molecule has 0 unspecified atom stereocenters. The molecule has 20 heavy (non-hydrogen) atoms. The second-order valence-electron chi connectivity index (χ2n) is 4.56. The fourth-order valence-electron chi connectivity index (χ4n) is 2.08. The molecule has 0 atom stereocenters. The van der Waals surface area contributed by atoms with Gasteiger partial charge in [-0.25, -0.2) is 4.79 Å². The molecule has 2 rings (SSSR count). The molecule has 0 N–H and O–H groups in total. The van der Waals surface area contributed by atoms with Crippen LogP contribution >= 0.6 is 0 Å². The van der Waals surface area contributed by atoms with Gasteiger partial charge in [-0.1, -0.05) is 48.5 Å². The van der Waals surface area contributed by atoms with Crippen molar-refractivity contribution in [3.8, 4) is 0 Å². The first-order valence-corrected chi connectivity index (χ1v) is 6.76. The van der Waals surface area contributed by atoms with E-state index in [1.54, 1.807) is 4.90 Å². The molecule has 1 amide bonds. The molecular weight excluding hydrogens is 250 g/mol. The van der Waals surface area contributed by atoms with E-state index in [-0.39, 0.29) is 6.09 Å². The number of anilines is 1. The fourth-order valence-corrected chi connectivity index (χ4v) is 2.08. The third-order valence-corrected chi connectivity index (χ3v) is 3.08. The molecule has 0 fully saturated rings. The highest BCUT2D eigenvalue weighted by atomic mass is 16.6. The average Bonchev–Trinajstić information content (AvgIpc) is 2.47. The highest BCUT2D eigenvalue weighted by molar-refractivity contribution is 5.88. The molecule has 104 valence electrons. The van der Waals surface area contributed by atoms with Crippen LogP contribution in [0.15, 0.2) is 54.6 Å². The summed E-state index contributed by atoms with van der Waals surface area (Å²) in [6, 6.07) is 17.7. The molecule has 0 bridgehead atoms. The van der Waals surface area contributed by atoms with Gasteiger partial charge in [-0.15, -0.1) is 0 Å². The van der Waals surface area contributed by atoms with Gasteiger partial charge < -0.3 is 4.74 Å². The predicted octanol–water partition coefficient (Wildman–Crippen LogP) is 4.16. The summed E-state index contributed by atoms with van der Waals surface area (Å²) in [6.07, 6.45) is -0.314. The second kappa shape index (κ2) is 6.75. The van der Waals surface area contributed by atoms with Crippen molar-refractivity contribution in [1.29, 1.82) is 0 Å². The summed E-state index contributed by atoms with van der Waals surface area (Å²) in [5.74, 6) is 0. The third kappa shape index (κ3) is 3.38. The highest BCUT2D eigenvalue weighted by Crippen LogP contribution is 2.22. The zero-order chi connectivity index (χ0) is 14.4. The van der Waals surface area contributed by atoms with E-state index in [4.69, 9.17) is 4.74 Å². The Morgan fingerprint density at radius 1 is 1.05 bits per heavy atom. The average molecular weight is 269 g/mol. The Morgan fingerprint density at radius 2 is 1.70 bits per heavy atom. The Labute approximate surface area is 119 Å². The predicted molar refractivity (Wildman–Crippen MR) is 80.8 cm³/mol. The summed E-state index contributed by atoms with van der Waals surface area (Å²) in [5, 5.41) is 0. The summed E-state index contributed by atoms with van der Waals surface area (Å²) in [5.41, 5.74) is 3.01. The minimum absolute atomic E-state index is 0.314. The van der Waals surface area contributed by atoms with E-state index in [2.05, 4.69) is 0 Å². The zero-order valence-electron chi connectivity index (χ0n) is 11.9. The maximum atomic E-state index is 12.2. The number of hydrogen-bond donors (Lipinski definition) is 0. The van der Waals surface area contributed by atoms with Gasteiger partial charge in [0.25, 0.3) is 0 Å². The Balaban J connectivity index is 2.30. The summed E-state index contributed by atoms with van der Waals surface area (Å²) in [7, 11) is 0. The van der Waals surface area contributed by atoms with Gasteiger partial charge in [0.05, 0.1) is 18.8 Å². The monoisotopic (exact) mass is 269 g/mol. The lowest BCUT2D eigenvalue weighted by atomic mass is 10.1.